The molecule has 190 valence electrons. The molecule has 1 atom stereocenters. The number of aliphatic carboxylic acids is 1. The number of halogens is 2. The molecule has 1 unspecified atom stereocenters. The Morgan fingerprint density at radius 2 is 1.63 bits per heavy atom. The molecule has 4 aromatic carbocycles. The fourth-order valence-corrected chi connectivity index (χ4v) is 8.20. The Bertz CT molecular complexity index is 1830. The van der Waals surface area contributed by atoms with Crippen LogP contribution in [-0.4, -0.2) is 11.1 Å². The van der Waals surface area contributed by atoms with E-state index >= 15 is 0 Å². The Morgan fingerprint density at radius 3 is 2.34 bits per heavy atom. The summed E-state index contributed by atoms with van der Waals surface area (Å²) in [5, 5.41) is 13.2. The number of carboxylic acids is 1. The van der Waals surface area contributed by atoms with Gasteiger partial charge in [0.25, 0.3) is 0 Å². The van der Waals surface area contributed by atoms with E-state index in [0.29, 0.717) is 5.75 Å². The maximum Gasteiger partial charge on any atom is 0.307 e. The number of rotatable bonds is 6. The lowest BCUT2D eigenvalue weighted by Crippen LogP contribution is -2.14. The van der Waals surface area contributed by atoms with Crippen molar-refractivity contribution in [1.29, 1.82) is 0 Å². The molecule has 0 spiro atoms. The maximum atomic E-state index is 11.7. The fraction of sp³-hybridized carbons (Fsp3) is 0.129. The lowest BCUT2D eigenvalue weighted by atomic mass is 9.94. The predicted octanol–water partition coefficient (Wildman–Crippen LogP) is 9.89. The summed E-state index contributed by atoms with van der Waals surface area (Å²) < 4.78 is 16.9. The van der Waals surface area contributed by atoms with E-state index in [4.69, 9.17) is 9.15 Å². The smallest absolute Gasteiger partial charge is 0.307 e. The average Bonchev–Trinajstić information content (AvgIpc) is 3.40. The second kappa shape index (κ2) is 10.2. The van der Waals surface area contributed by atoms with Gasteiger partial charge < -0.3 is 14.3 Å². The number of carbonyl (C=O) groups is 1. The summed E-state index contributed by atoms with van der Waals surface area (Å²) in [7, 11) is 0. The lowest BCUT2D eigenvalue weighted by Gasteiger charge is -2.21. The molecule has 6 rings (SSSR count). The van der Waals surface area contributed by atoms with Crippen molar-refractivity contribution in [1.82, 2.24) is 0 Å². The van der Waals surface area contributed by atoms with Crippen LogP contribution in [-0.2, 0) is 4.79 Å². The zero-order chi connectivity index (χ0) is 26.6. The van der Waals surface area contributed by atoms with Crippen molar-refractivity contribution in [2.24, 2.45) is 0 Å². The van der Waals surface area contributed by atoms with Crippen LogP contribution in [0.3, 0.4) is 0 Å². The second-order valence-corrected chi connectivity index (χ2v) is 12.7. The van der Waals surface area contributed by atoms with Gasteiger partial charge in [0, 0.05) is 31.1 Å². The van der Waals surface area contributed by atoms with Gasteiger partial charge in [0.2, 0.25) is 0 Å². The Morgan fingerprint density at radius 1 is 0.947 bits per heavy atom. The van der Waals surface area contributed by atoms with E-state index in [1.807, 2.05) is 37.3 Å². The van der Waals surface area contributed by atoms with Crippen LogP contribution in [0.15, 0.2) is 77.2 Å². The first-order valence-corrected chi connectivity index (χ1v) is 15.1. The molecule has 1 N–H and O–H groups in total. The Hall–Kier alpha value is -2.63. The van der Waals surface area contributed by atoms with Gasteiger partial charge in [0.1, 0.15) is 23.2 Å². The molecule has 2 aromatic heterocycles. The number of hydrogen-bond donors (Lipinski definition) is 1. The third-order valence-electron chi connectivity index (χ3n) is 6.88. The molecule has 4 nitrogen and oxygen atoms in total. The number of thiophene rings is 1. The molecule has 0 amide bonds. The van der Waals surface area contributed by atoms with Crippen molar-refractivity contribution in [3.8, 4) is 16.9 Å². The molecule has 2 heterocycles. The number of furan rings is 1. The zero-order valence-electron chi connectivity index (χ0n) is 20.5. The van der Waals surface area contributed by atoms with Gasteiger partial charge in [0.15, 0.2) is 0 Å². The van der Waals surface area contributed by atoms with Gasteiger partial charge in [-0.25, -0.2) is 0 Å². The number of ether oxygens (including phenoxy) is 1. The molecule has 0 fully saturated rings. The van der Waals surface area contributed by atoms with Crippen molar-refractivity contribution in [2.75, 3.05) is 0 Å². The summed E-state index contributed by atoms with van der Waals surface area (Å²) >= 11 is 6.39. The highest BCUT2D eigenvalue weighted by Crippen LogP contribution is 2.47. The Balaban J connectivity index is 1.55. The molecule has 0 aliphatic rings. The van der Waals surface area contributed by atoms with Gasteiger partial charge in [-0.1, -0.05) is 48.5 Å². The molecule has 0 aliphatic heterocycles. The van der Waals surface area contributed by atoms with Gasteiger partial charge in [-0.3, -0.25) is 4.79 Å². The highest BCUT2D eigenvalue weighted by atomic mass is 127. The van der Waals surface area contributed by atoms with Gasteiger partial charge in [-0.15, -0.1) is 11.3 Å². The van der Waals surface area contributed by atoms with Crippen LogP contribution in [0.1, 0.15) is 29.4 Å². The third kappa shape index (κ3) is 4.48. The van der Waals surface area contributed by atoms with E-state index in [9.17, 15) is 9.90 Å². The largest absolute Gasteiger partial charge is 0.483 e. The fourth-order valence-electron chi connectivity index (χ4n) is 5.04. The van der Waals surface area contributed by atoms with Crippen LogP contribution in [0.25, 0.3) is 42.3 Å². The van der Waals surface area contributed by atoms with Gasteiger partial charge in [0.05, 0.1) is 13.6 Å². The summed E-state index contributed by atoms with van der Waals surface area (Å²) in [6.07, 6.45) is -0.706. The molecule has 38 heavy (non-hydrogen) atoms. The van der Waals surface area contributed by atoms with E-state index in [1.165, 1.54) is 20.2 Å². The molecule has 0 radical (unpaired) electrons. The van der Waals surface area contributed by atoms with E-state index in [-0.39, 0.29) is 6.42 Å². The highest BCUT2D eigenvalue weighted by molar-refractivity contribution is 14.1. The normalized spacial score (nSPS) is 12.4. The van der Waals surface area contributed by atoms with E-state index < -0.39 is 12.1 Å². The molecule has 7 heteroatoms. The number of fused-ring (bicyclic) bond motifs is 4. The van der Waals surface area contributed by atoms with E-state index in [0.717, 1.165) is 46.1 Å². The summed E-state index contributed by atoms with van der Waals surface area (Å²) in [5.41, 5.74) is 5.12. The summed E-state index contributed by atoms with van der Waals surface area (Å²) in [4.78, 5) is 11.7. The van der Waals surface area contributed by atoms with Gasteiger partial charge in [-0.05, 0) is 100.0 Å². The number of benzene rings is 4. The van der Waals surface area contributed by atoms with Crippen LogP contribution in [0.2, 0.25) is 0 Å². The molecule has 0 saturated carbocycles. The van der Waals surface area contributed by atoms with Crippen LogP contribution >= 0.6 is 56.5 Å². The third-order valence-corrected chi connectivity index (χ3v) is 9.60. The van der Waals surface area contributed by atoms with Crippen LogP contribution in [0, 0.1) is 21.0 Å². The average molecular weight is 744 g/mol. The van der Waals surface area contributed by atoms with Crippen LogP contribution in [0.4, 0.5) is 0 Å². The van der Waals surface area contributed by atoms with Crippen molar-refractivity contribution in [2.45, 2.75) is 26.4 Å². The number of hydrogen-bond acceptors (Lipinski definition) is 4. The van der Waals surface area contributed by atoms with Crippen LogP contribution < -0.4 is 4.74 Å². The lowest BCUT2D eigenvalue weighted by molar-refractivity contribution is -0.138. The van der Waals surface area contributed by atoms with Crippen molar-refractivity contribution >= 4 is 93.6 Å². The molecular weight excluding hydrogens is 722 g/mol. The van der Waals surface area contributed by atoms with E-state index in [1.54, 1.807) is 11.3 Å². The van der Waals surface area contributed by atoms with Crippen LogP contribution in [0.5, 0.6) is 5.75 Å². The minimum atomic E-state index is -0.898. The molecule has 0 bridgehead atoms. The van der Waals surface area contributed by atoms with Crippen molar-refractivity contribution in [3.63, 3.8) is 0 Å². The zero-order valence-corrected chi connectivity index (χ0v) is 25.7. The summed E-state index contributed by atoms with van der Waals surface area (Å²) in [6, 6.07) is 24.5. The summed E-state index contributed by atoms with van der Waals surface area (Å²) in [5.74, 6) is 0.723. The second-order valence-electron chi connectivity index (χ2n) is 9.26. The minimum absolute atomic E-state index is 0.119. The first-order valence-electron chi connectivity index (χ1n) is 12.1. The van der Waals surface area contributed by atoms with E-state index in [2.05, 4.69) is 94.6 Å². The molecular formula is C31H22I2O4S. The predicted molar refractivity (Wildman–Crippen MR) is 172 cm³/mol. The molecule has 0 aliphatic carbocycles. The minimum Gasteiger partial charge on any atom is -0.483 e. The van der Waals surface area contributed by atoms with Gasteiger partial charge >= 0.3 is 5.97 Å². The number of aryl methyl sites for hydroxylation is 2. The molecule has 6 aromatic rings. The van der Waals surface area contributed by atoms with Gasteiger partial charge in [-0.2, -0.15) is 0 Å². The first-order chi connectivity index (χ1) is 18.3. The first kappa shape index (κ1) is 25.6. The summed E-state index contributed by atoms with van der Waals surface area (Å²) in [6.45, 7) is 4.14. The number of carboxylic acid groups (broad SMARTS) is 1. The Kier molecular flexibility index (Phi) is 6.86. The standard InChI is InChI=1S/C31H22I2O4S/c1-16-17(2)36-24-14-26-30(20-10-6-7-11-25(20)38-26)29(28(16)24)19-12-21(32)31(22(33)13-19)37-23(15-27(34)35)18-8-4-3-5-9-18/h3-14,23H,15H2,1-2H3,(H,34,35). The maximum absolute atomic E-state index is 11.7. The van der Waals surface area contributed by atoms with Crippen molar-refractivity contribution in [3.05, 3.63) is 96.8 Å². The quantitative estimate of drug-likeness (QED) is 0.173. The monoisotopic (exact) mass is 744 g/mol. The topological polar surface area (TPSA) is 59.7 Å². The van der Waals surface area contributed by atoms with Crippen molar-refractivity contribution < 1.29 is 19.1 Å². The molecule has 0 saturated heterocycles. The highest BCUT2D eigenvalue weighted by Gasteiger charge is 2.24. The Labute approximate surface area is 250 Å². The SMILES string of the molecule is Cc1oc2cc3sc4ccccc4c3c(-c3cc(I)c(OC(CC(=O)O)c4ccccc4)c(I)c3)c2c1C.